The van der Waals surface area contributed by atoms with E-state index in [1.807, 2.05) is 12.1 Å². The Kier molecular flexibility index (Phi) is 7.83. The van der Waals surface area contributed by atoms with Crippen LogP contribution in [0.4, 0.5) is 0 Å². The molecule has 0 bridgehead atoms. The first-order valence-corrected chi connectivity index (χ1v) is 11.5. The molecule has 3 aromatic rings. The summed E-state index contributed by atoms with van der Waals surface area (Å²) in [5.41, 5.74) is 5.25. The third kappa shape index (κ3) is 6.14. The van der Waals surface area contributed by atoms with Crippen molar-refractivity contribution in [3.63, 3.8) is 0 Å². The summed E-state index contributed by atoms with van der Waals surface area (Å²) in [6.07, 6.45) is 9.98. The van der Waals surface area contributed by atoms with Gasteiger partial charge in [-0.05, 0) is 60.2 Å². The van der Waals surface area contributed by atoms with Gasteiger partial charge in [0.05, 0.1) is 0 Å². The largest absolute Gasteiger partial charge is 0.353 e. The minimum atomic E-state index is -0.0526. The van der Waals surface area contributed by atoms with Gasteiger partial charge in [-0.15, -0.1) is 0 Å². The van der Waals surface area contributed by atoms with Crippen LogP contribution in [0.25, 0.3) is 6.08 Å². The smallest absolute Gasteiger partial charge is 0.243 e. The number of benzene rings is 2. The Hall–Kier alpha value is -3.24. The lowest BCUT2D eigenvalue weighted by atomic mass is 9.88. The molecule has 0 aliphatic carbocycles. The summed E-state index contributed by atoms with van der Waals surface area (Å²) >= 11 is 0. The maximum absolute atomic E-state index is 12.0. The number of hydrogen-bond donors (Lipinski definition) is 1. The van der Waals surface area contributed by atoms with Gasteiger partial charge in [-0.3, -0.25) is 9.78 Å². The van der Waals surface area contributed by atoms with Crippen molar-refractivity contribution in [1.29, 1.82) is 0 Å². The van der Waals surface area contributed by atoms with E-state index in [1.165, 1.54) is 16.7 Å². The van der Waals surface area contributed by atoms with Crippen LogP contribution in [0, 0.1) is 0 Å². The summed E-state index contributed by atoms with van der Waals surface area (Å²) < 4.78 is 0. The number of aromatic nitrogens is 1. The summed E-state index contributed by atoms with van der Waals surface area (Å²) in [6.45, 7) is 3.88. The number of nitrogens with one attached hydrogen (secondary N) is 1. The molecule has 4 heteroatoms. The average molecular weight is 426 g/mol. The van der Waals surface area contributed by atoms with Crippen molar-refractivity contribution in [2.24, 2.45) is 0 Å². The van der Waals surface area contributed by atoms with Gasteiger partial charge in [-0.25, -0.2) is 0 Å². The van der Waals surface area contributed by atoms with E-state index in [2.05, 4.69) is 69.8 Å². The van der Waals surface area contributed by atoms with Crippen LogP contribution < -0.4 is 5.32 Å². The van der Waals surface area contributed by atoms with Crippen molar-refractivity contribution < 1.29 is 4.79 Å². The molecule has 0 saturated carbocycles. The van der Waals surface area contributed by atoms with Gasteiger partial charge in [0.25, 0.3) is 0 Å². The highest BCUT2D eigenvalue weighted by Gasteiger charge is 2.23. The standard InChI is InChI=1S/C28H31N3O/c32-28(15-14-23-9-8-17-29-21-23)30-18-6-7-19-31-20-16-25-12-4-5-13-26(25)27(22-31)24-10-2-1-3-11-24/h1-5,8-15,17,21,27H,6-7,16,18-20,22H2,(H,30,32). The van der Waals surface area contributed by atoms with E-state index >= 15 is 0 Å². The molecule has 1 N–H and O–H groups in total. The Balaban J connectivity index is 1.26. The molecule has 0 saturated heterocycles. The Labute approximate surface area is 191 Å². The molecule has 1 aliphatic heterocycles. The predicted octanol–water partition coefficient (Wildman–Crippen LogP) is 4.68. The first kappa shape index (κ1) is 22.0. The minimum absolute atomic E-state index is 0.0526. The summed E-state index contributed by atoms with van der Waals surface area (Å²) in [4.78, 5) is 18.7. The summed E-state index contributed by atoms with van der Waals surface area (Å²) in [6, 6.07) is 23.5. The van der Waals surface area contributed by atoms with E-state index in [0.29, 0.717) is 12.5 Å². The Bertz CT molecular complexity index is 1020. The highest BCUT2D eigenvalue weighted by Crippen LogP contribution is 2.31. The minimum Gasteiger partial charge on any atom is -0.353 e. The Morgan fingerprint density at radius 3 is 2.72 bits per heavy atom. The highest BCUT2D eigenvalue weighted by atomic mass is 16.1. The van der Waals surface area contributed by atoms with E-state index in [9.17, 15) is 4.79 Å². The van der Waals surface area contributed by atoms with Gasteiger partial charge in [0.15, 0.2) is 0 Å². The zero-order chi connectivity index (χ0) is 22.0. The molecule has 4 rings (SSSR count). The van der Waals surface area contributed by atoms with E-state index in [0.717, 1.165) is 44.5 Å². The molecule has 0 fully saturated rings. The van der Waals surface area contributed by atoms with Crippen molar-refractivity contribution in [1.82, 2.24) is 15.2 Å². The van der Waals surface area contributed by atoms with Crippen LogP contribution in [0.15, 0.2) is 85.2 Å². The quantitative estimate of drug-likeness (QED) is 0.421. The van der Waals surface area contributed by atoms with Crippen LogP contribution in [-0.4, -0.2) is 42.0 Å². The fourth-order valence-electron chi connectivity index (χ4n) is 4.38. The summed E-state index contributed by atoms with van der Waals surface area (Å²) in [5.74, 6) is 0.357. The molecule has 2 aromatic carbocycles. The van der Waals surface area contributed by atoms with E-state index in [4.69, 9.17) is 0 Å². The molecule has 1 atom stereocenters. The van der Waals surface area contributed by atoms with E-state index < -0.39 is 0 Å². The van der Waals surface area contributed by atoms with Crippen molar-refractivity contribution in [2.75, 3.05) is 26.2 Å². The van der Waals surface area contributed by atoms with Crippen LogP contribution in [0.1, 0.15) is 41.0 Å². The van der Waals surface area contributed by atoms with Gasteiger partial charge in [-0.1, -0.05) is 60.7 Å². The Morgan fingerprint density at radius 2 is 1.88 bits per heavy atom. The van der Waals surface area contributed by atoms with Crippen molar-refractivity contribution >= 4 is 12.0 Å². The number of amides is 1. The van der Waals surface area contributed by atoms with Crippen molar-refractivity contribution in [3.8, 4) is 0 Å². The van der Waals surface area contributed by atoms with Crippen molar-refractivity contribution in [3.05, 3.63) is 107 Å². The predicted molar refractivity (Wildman–Crippen MR) is 130 cm³/mol. The number of nitrogens with zero attached hydrogens (tertiary/aromatic N) is 2. The van der Waals surface area contributed by atoms with Gasteiger partial charge in [0.1, 0.15) is 0 Å². The molecule has 1 unspecified atom stereocenters. The lowest BCUT2D eigenvalue weighted by molar-refractivity contribution is -0.116. The normalized spacial score (nSPS) is 16.4. The molecule has 2 heterocycles. The molecule has 4 nitrogen and oxygen atoms in total. The van der Waals surface area contributed by atoms with Gasteiger partial charge < -0.3 is 10.2 Å². The molecular weight excluding hydrogens is 394 g/mol. The molecule has 164 valence electrons. The molecule has 1 aliphatic rings. The maximum atomic E-state index is 12.0. The Morgan fingerprint density at radius 1 is 1.03 bits per heavy atom. The molecule has 32 heavy (non-hydrogen) atoms. The van der Waals surface area contributed by atoms with Gasteiger partial charge >= 0.3 is 0 Å². The maximum Gasteiger partial charge on any atom is 0.243 e. The topological polar surface area (TPSA) is 45.2 Å². The van der Waals surface area contributed by atoms with Crippen LogP contribution in [-0.2, 0) is 11.2 Å². The number of carbonyl (C=O) groups is 1. The molecule has 1 amide bonds. The van der Waals surface area contributed by atoms with E-state index in [1.54, 1.807) is 24.5 Å². The monoisotopic (exact) mass is 425 g/mol. The number of fused-ring (bicyclic) bond motifs is 1. The summed E-state index contributed by atoms with van der Waals surface area (Å²) in [5, 5.41) is 2.99. The zero-order valence-corrected chi connectivity index (χ0v) is 18.5. The lowest BCUT2D eigenvalue weighted by Gasteiger charge is -2.25. The number of carbonyl (C=O) groups excluding carboxylic acids is 1. The van der Waals surface area contributed by atoms with Gasteiger partial charge in [-0.2, -0.15) is 0 Å². The van der Waals surface area contributed by atoms with Gasteiger partial charge in [0.2, 0.25) is 5.91 Å². The summed E-state index contributed by atoms with van der Waals surface area (Å²) in [7, 11) is 0. The SMILES string of the molecule is O=C(C=Cc1cccnc1)NCCCCN1CCc2ccccc2C(c2ccccc2)C1. The van der Waals surface area contributed by atoms with Crippen LogP contribution in [0.2, 0.25) is 0 Å². The van der Waals surface area contributed by atoms with Crippen LogP contribution >= 0.6 is 0 Å². The third-order valence-corrected chi connectivity index (χ3v) is 6.08. The molecule has 0 radical (unpaired) electrons. The molecular formula is C28H31N3O. The zero-order valence-electron chi connectivity index (χ0n) is 18.5. The highest BCUT2D eigenvalue weighted by molar-refractivity contribution is 5.91. The molecule has 1 aromatic heterocycles. The first-order chi connectivity index (χ1) is 15.8. The number of pyridine rings is 1. The third-order valence-electron chi connectivity index (χ3n) is 6.08. The van der Waals surface area contributed by atoms with E-state index in [-0.39, 0.29) is 5.91 Å². The fraction of sp³-hybridized carbons (Fsp3) is 0.286. The van der Waals surface area contributed by atoms with Crippen LogP contribution in [0.3, 0.4) is 0 Å². The van der Waals surface area contributed by atoms with Crippen LogP contribution in [0.5, 0.6) is 0 Å². The van der Waals surface area contributed by atoms with Crippen molar-refractivity contribution in [2.45, 2.75) is 25.2 Å². The number of unbranched alkanes of at least 4 members (excludes halogenated alkanes) is 1. The van der Waals surface area contributed by atoms with Gasteiger partial charge in [0, 0.05) is 44.0 Å². The number of rotatable bonds is 8. The second-order valence-electron chi connectivity index (χ2n) is 8.33. The molecule has 0 spiro atoms. The second kappa shape index (κ2) is 11.4. The fourth-order valence-corrected chi connectivity index (χ4v) is 4.38. The first-order valence-electron chi connectivity index (χ1n) is 11.5. The lowest BCUT2D eigenvalue weighted by Crippen LogP contribution is -2.30. The second-order valence-corrected chi connectivity index (χ2v) is 8.33. The number of hydrogen-bond acceptors (Lipinski definition) is 3. The average Bonchev–Trinajstić information content (AvgIpc) is 3.03.